The molecule has 0 aliphatic carbocycles. The third-order valence-electron chi connectivity index (χ3n) is 2.81. The minimum Gasteiger partial charge on any atom is -0.493 e. The lowest BCUT2D eigenvalue weighted by Crippen LogP contribution is -2.11. The number of unbranched alkanes of at least 4 members (excludes halogenated alkanes) is 1. The van der Waals surface area contributed by atoms with Crippen LogP contribution in [0.1, 0.15) is 37.9 Å². The Morgan fingerprint density at radius 2 is 2.00 bits per heavy atom. The zero-order valence-electron chi connectivity index (χ0n) is 11.7. The van der Waals surface area contributed by atoms with Crippen molar-refractivity contribution in [1.29, 1.82) is 0 Å². The van der Waals surface area contributed by atoms with E-state index >= 15 is 0 Å². The van der Waals surface area contributed by atoms with Crippen molar-refractivity contribution in [3.05, 3.63) is 29.8 Å². The van der Waals surface area contributed by atoms with Crippen molar-refractivity contribution in [2.75, 3.05) is 26.4 Å². The predicted octanol–water partition coefficient (Wildman–Crippen LogP) is 2.26. The molecule has 0 aliphatic rings. The van der Waals surface area contributed by atoms with Crippen LogP contribution in [0.2, 0.25) is 0 Å². The molecule has 0 saturated heterocycles. The van der Waals surface area contributed by atoms with Gasteiger partial charge in [-0.3, -0.25) is 0 Å². The van der Waals surface area contributed by atoms with Gasteiger partial charge in [-0.25, -0.2) is 0 Å². The topological polar surface area (TPSA) is 64.7 Å². The molecule has 1 atom stereocenters. The Kier molecular flexibility index (Phi) is 8.21. The van der Waals surface area contributed by atoms with Crippen molar-refractivity contribution in [2.24, 2.45) is 5.73 Å². The number of ether oxygens (including phenoxy) is 2. The van der Waals surface area contributed by atoms with E-state index < -0.39 is 6.10 Å². The van der Waals surface area contributed by atoms with Crippen LogP contribution in [0.5, 0.6) is 5.75 Å². The van der Waals surface area contributed by atoms with Crippen LogP contribution < -0.4 is 10.5 Å². The van der Waals surface area contributed by atoms with Gasteiger partial charge in [0.2, 0.25) is 0 Å². The first-order chi connectivity index (χ1) is 9.27. The minimum absolute atomic E-state index is 0.217. The molecule has 0 unspecified atom stereocenters. The minimum atomic E-state index is -0.624. The summed E-state index contributed by atoms with van der Waals surface area (Å²) in [5.74, 6) is 0.763. The number of aliphatic hydroxyl groups excluding tert-OH is 1. The number of nitrogens with two attached hydrogens (primary N) is 1. The molecule has 1 rings (SSSR count). The summed E-state index contributed by atoms with van der Waals surface area (Å²) in [6.45, 7) is 4.54. The van der Waals surface area contributed by atoms with Crippen LogP contribution in [0.4, 0.5) is 0 Å². The molecule has 0 amide bonds. The third kappa shape index (κ3) is 6.57. The molecule has 0 bridgehead atoms. The number of hydrogen-bond donors (Lipinski definition) is 2. The summed E-state index contributed by atoms with van der Waals surface area (Å²) < 4.78 is 11.1. The molecule has 3 N–H and O–H groups in total. The van der Waals surface area contributed by atoms with Crippen molar-refractivity contribution < 1.29 is 14.6 Å². The highest BCUT2D eigenvalue weighted by Crippen LogP contribution is 2.18. The average molecular weight is 267 g/mol. The van der Waals surface area contributed by atoms with Crippen LogP contribution in [-0.4, -0.2) is 31.5 Å². The highest BCUT2D eigenvalue weighted by molar-refractivity contribution is 5.29. The van der Waals surface area contributed by atoms with Crippen LogP contribution in [0.3, 0.4) is 0 Å². The fraction of sp³-hybridized carbons (Fsp3) is 0.600. The number of aliphatic hydroxyl groups is 1. The molecule has 108 valence electrons. The van der Waals surface area contributed by atoms with E-state index in [1.165, 1.54) is 0 Å². The fourth-order valence-corrected chi connectivity index (χ4v) is 1.65. The first-order valence-electron chi connectivity index (χ1n) is 6.96. The maximum absolute atomic E-state index is 9.65. The summed E-state index contributed by atoms with van der Waals surface area (Å²) in [6.07, 6.45) is 2.51. The Balaban J connectivity index is 2.22. The van der Waals surface area contributed by atoms with Crippen LogP contribution >= 0.6 is 0 Å². The second kappa shape index (κ2) is 9.78. The molecule has 0 heterocycles. The molecule has 0 aliphatic heterocycles. The first kappa shape index (κ1) is 16.0. The Bertz CT molecular complexity index is 344. The van der Waals surface area contributed by atoms with Crippen LogP contribution in [0.15, 0.2) is 24.3 Å². The number of hydrogen-bond acceptors (Lipinski definition) is 4. The van der Waals surface area contributed by atoms with Gasteiger partial charge >= 0.3 is 0 Å². The lowest BCUT2D eigenvalue weighted by molar-refractivity contribution is 0.117. The summed E-state index contributed by atoms with van der Waals surface area (Å²) >= 11 is 0. The summed E-state index contributed by atoms with van der Waals surface area (Å²) in [6, 6.07) is 7.42. The van der Waals surface area contributed by atoms with E-state index in [-0.39, 0.29) is 6.54 Å². The van der Waals surface area contributed by atoms with Gasteiger partial charge in [-0.2, -0.15) is 0 Å². The largest absolute Gasteiger partial charge is 0.493 e. The van der Waals surface area contributed by atoms with Gasteiger partial charge in [-0.1, -0.05) is 25.5 Å². The van der Waals surface area contributed by atoms with Gasteiger partial charge in [0.1, 0.15) is 5.75 Å². The number of rotatable bonds is 10. The molecule has 0 radical (unpaired) electrons. The van der Waals surface area contributed by atoms with E-state index in [9.17, 15) is 5.11 Å². The molecular weight excluding hydrogens is 242 g/mol. The van der Waals surface area contributed by atoms with E-state index in [4.69, 9.17) is 15.2 Å². The lowest BCUT2D eigenvalue weighted by Gasteiger charge is -2.11. The van der Waals surface area contributed by atoms with Gasteiger partial charge in [0.15, 0.2) is 0 Å². The first-order valence-corrected chi connectivity index (χ1v) is 6.96. The Morgan fingerprint density at radius 3 is 2.74 bits per heavy atom. The molecule has 0 fully saturated rings. The van der Waals surface area contributed by atoms with Gasteiger partial charge in [0.25, 0.3) is 0 Å². The van der Waals surface area contributed by atoms with Crippen LogP contribution in [0.25, 0.3) is 0 Å². The fourth-order valence-electron chi connectivity index (χ4n) is 1.65. The van der Waals surface area contributed by atoms with Gasteiger partial charge in [-0.15, -0.1) is 0 Å². The van der Waals surface area contributed by atoms with Gasteiger partial charge < -0.3 is 20.3 Å². The zero-order chi connectivity index (χ0) is 13.9. The standard InChI is InChI=1S/C15H25NO3/c1-2-3-8-18-9-5-10-19-14-7-4-6-13(11-14)15(17)12-16/h4,6-7,11,15,17H,2-3,5,8-10,12,16H2,1H3/t15-/m1/s1. The second-order valence-electron chi connectivity index (χ2n) is 4.49. The van der Waals surface area contributed by atoms with Crippen molar-refractivity contribution in [1.82, 2.24) is 0 Å². The van der Waals surface area contributed by atoms with E-state index in [1.54, 1.807) is 0 Å². The molecule has 4 nitrogen and oxygen atoms in total. The molecule has 19 heavy (non-hydrogen) atoms. The van der Waals surface area contributed by atoms with Crippen molar-refractivity contribution in [3.8, 4) is 5.75 Å². The predicted molar refractivity (Wildman–Crippen MR) is 76.3 cm³/mol. The van der Waals surface area contributed by atoms with E-state index in [1.807, 2.05) is 24.3 Å². The Hall–Kier alpha value is -1.10. The summed E-state index contributed by atoms with van der Waals surface area (Å²) in [5.41, 5.74) is 6.22. The third-order valence-corrected chi connectivity index (χ3v) is 2.81. The molecule has 0 saturated carbocycles. The molecule has 1 aromatic rings. The van der Waals surface area contributed by atoms with Crippen molar-refractivity contribution in [3.63, 3.8) is 0 Å². The molecule has 0 aromatic heterocycles. The zero-order valence-corrected chi connectivity index (χ0v) is 11.7. The lowest BCUT2D eigenvalue weighted by atomic mass is 10.1. The van der Waals surface area contributed by atoms with E-state index in [0.29, 0.717) is 6.61 Å². The molecular formula is C15H25NO3. The van der Waals surface area contributed by atoms with E-state index in [0.717, 1.165) is 43.8 Å². The average Bonchev–Trinajstić information content (AvgIpc) is 2.46. The SMILES string of the molecule is CCCCOCCCOc1cccc([C@H](O)CN)c1. The smallest absolute Gasteiger partial charge is 0.119 e. The van der Waals surface area contributed by atoms with Gasteiger partial charge in [0.05, 0.1) is 12.7 Å². The van der Waals surface area contributed by atoms with E-state index in [2.05, 4.69) is 6.92 Å². The quantitative estimate of drug-likeness (QED) is 0.638. The Labute approximate surface area is 115 Å². The van der Waals surface area contributed by atoms with Crippen molar-refractivity contribution >= 4 is 0 Å². The maximum atomic E-state index is 9.65. The van der Waals surface area contributed by atoms with Crippen LogP contribution in [0, 0.1) is 0 Å². The molecule has 0 spiro atoms. The second-order valence-corrected chi connectivity index (χ2v) is 4.49. The monoisotopic (exact) mass is 267 g/mol. The summed E-state index contributed by atoms with van der Waals surface area (Å²) in [7, 11) is 0. The highest BCUT2D eigenvalue weighted by atomic mass is 16.5. The van der Waals surface area contributed by atoms with Crippen molar-refractivity contribution in [2.45, 2.75) is 32.3 Å². The molecule has 1 aromatic carbocycles. The summed E-state index contributed by atoms with van der Waals surface area (Å²) in [5, 5.41) is 9.65. The highest BCUT2D eigenvalue weighted by Gasteiger charge is 2.05. The Morgan fingerprint density at radius 1 is 1.21 bits per heavy atom. The maximum Gasteiger partial charge on any atom is 0.119 e. The summed E-state index contributed by atoms with van der Waals surface area (Å²) in [4.78, 5) is 0. The number of benzene rings is 1. The van der Waals surface area contributed by atoms with Crippen LogP contribution in [-0.2, 0) is 4.74 Å². The van der Waals surface area contributed by atoms with Gasteiger partial charge in [0, 0.05) is 26.2 Å². The normalized spacial score (nSPS) is 12.4. The molecule has 4 heteroatoms. The van der Waals surface area contributed by atoms with Gasteiger partial charge in [-0.05, 0) is 24.1 Å².